The highest BCUT2D eigenvalue weighted by atomic mass is 35.5. The van der Waals surface area contributed by atoms with Gasteiger partial charge in [0.2, 0.25) is 11.1 Å². The molecule has 1 N–H and O–H groups in total. The van der Waals surface area contributed by atoms with Crippen LogP contribution in [0.15, 0.2) is 24.3 Å². The predicted molar refractivity (Wildman–Crippen MR) is 120 cm³/mol. The zero-order valence-corrected chi connectivity index (χ0v) is 19.1. The number of imidazole rings is 1. The van der Waals surface area contributed by atoms with E-state index in [4.69, 9.17) is 16.3 Å². The molecule has 4 rings (SSSR count). The number of amides is 2. The van der Waals surface area contributed by atoms with E-state index in [-0.39, 0.29) is 29.7 Å². The largest absolute Gasteiger partial charge is 0.355 e. The van der Waals surface area contributed by atoms with E-state index in [1.807, 2.05) is 0 Å². The van der Waals surface area contributed by atoms with Crippen molar-refractivity contribution in [3.05, 3.63) is 41.1 Å². The van der Waals surface area contributed by atoms with Crippen molar-refractivity contribution >= 4 is 23.4 Å². The zero-order valence-electron chi connectivity index (χ0n) is 18.4. The standard InChI is InChI=1S/C21H26ClFN8O2/c1-2-3-11-30-19-17(24-20(22)25-19)13-33-14-29(21(30)32)10-6-7-12-31-27-18(26-28-31)15-8-4-5-9-16(15)23/h4-5,8-9H,2-3,6-7,10-14H2,1H3,(H,24,25). The Balaban J connectivity index is 1.34. The van der Waals surface area contributed by atoms with Crippen LogP contribution < -0.4 is 4.90 Å². The number of benzene rings is 1. The number of carbonyl (C=O) groups is 1. The molecule has 12 heteroatoms. The van der Waals surface area contributed by atoms with Crippen LogP contribution in [0.4, 0.5) is 15.0 Å². The fraction of sp³-hybridized carbons (Fsp3) is 0.476. The first-order valence-corrected chi connectivity index (χ1v) is 11.4. The Morgan fingerprint density at radius 2 is 2.00 bits per heavy atom. The second-order valence-electron chi connectivity index (χ2n) is 7.75. The van der Waals surface area contributed by atoms with E-state index < -0.39 is 0 Å². The minimum Gasteiger partial charge on any atom is -0.355 e. The van der Waals surface area contributed by atoms with Crippen LogP contribution in [-0.4, -0.2) is 60.9 Å². The monoisotopic (exact) mass is 476 g/mol. The van der Waals surface area contributed by atoms with Gasteiger partial charge in [0, 0.05) is 13.1 Å². The smallest absolute Gasteiger partial charge is 0.327 e. The molecular weight excluding hydrogens is 451 g/mol. The van der Waals surface area contributed by atoms with Gasteiger partial charge in [0.15, 0.2) is 5.82 Å². The van der Waals surface area contributed by atoms with Crippen LogP contribution in [0.25, 0.3) is 11.4 Å². The molecule has 10 nitrogen and oxygen atoms in total. The summed E-state index contributed by atoms with van der Waals surface area (Å²) in [6, 6.07) is 6.16. The molecule has 0 radical (unpaired) electrons. The van der Waals surface area contributed by atoms with Crippen molar-refractivity contribution in [1.82, 2.24) is 35.1 Å². The number of aromatic nitrogens is 6. The van der Waals surface area contributed by atoms with Gasteiger partial charge in [0.1, 0.15) is 12.5 Å². The van der Waals surface area contributed by atoms with Gasteiger partial charge in [-0.1, -0.05) is 25.5 Å². The first-order valence-electron chi connectivity index (χ1n) is 11.0. The van der Waals surface area contributed by atoms with E-state index in [0.29, 0.717) is 56.2 Å². The number of nitrogens with one attached hydrogen (secondary N) is 1. The molecule has 3 aromatic rings. The second kappa shape index (κ2) is 10.7. The normalized spacial score (nSPS) is 14.3. The van der Waals surface area contributed by atoms with Crippen LogP contribution in [0.5, 0.6) is 0 Å². The lowest BCUT2D eigenvalue weighted by Crippen LogP contribution is -2.47. The first-order chi connectivity index (χ1) is 16.1. The molecule has 2 aromatic heterocycles. The van der Waals surface area contributed by atoms with Crippen molar-refractivity contribution in [3.63, 3.8) is 0 Å². The van der Waals surface area contributed by atoms with E-state index in [1.54, 1.807) is 28.0 Å². The van der Waals surface area contributed by atoms with Gasteiger partial charge < -0.3 is 14.6 Å². The van der Waals surface area contributed by atoms with Crippen molar-refractivity contribution < 1.29 is 13.9 Å². The van der Waals surface area contributed by atoms with E-state index >= 15 is 0 Å². The van der Waals surface area contributed by atoms with Gasteiger partial charge in [-0.15, -0.1) is 10.2 Å². The third-order valence-corrected chi connectivity index (χ3v) is 5.50. The van der Waals surface area contributed by atoms with Crippen LogP contribution in [0.3, 0.4) is 0 Å². The minimum absolute atomic E-state index is 0.159. The van der Waals surface area contributed by atoms with E-state index in [9.17, 15) is 9.18 Å². The lowest BCUT2D eigenvalue weighted by Gasteiger charge is -2.32. The maximum absolute atomic E-state index is 13.9. The van der Waals surface area contributed by atoms with Gasteiger partial charge in [0.05, 0.1) is 24.4 Å². The third kappa shape index (κ3) is 5.48. The van der Waals surface area contributed by atoms with E-state index in [0.717, 1.165) is 12.8 Å². The van der Waals surface area contributed by atoms with Gasteiger partial charge in [-0.05, 0) is 48.2 Å². The fourth-order valence-corrected chi connectivity index (χ4v) is 3.78. The summed E-state index contributed by atoms with van der Waals surface area (Å²) in [5, 5.41) is 12.4. The van der Waals surface area contributed by atoms with Gasteiger partial charge in [-0.3, -0.25) is 4.90 Å². The molecule has 1 aliphatic rings. The molecule has 2 amide bonds. The molecule has 176 valence electrons. The van der Waals surface area contributed by atoms with Gasteiger partial charge in [-0.25, -0.2) is 9.18 Å². The molecule has 0 spiro atoms. The molecule has 0 saturated carbocycles. The summed E-state index contributed by atoms with van der Waals surface area (Å²) < 4.78 is 19.6. The second-order valence-corrected chi connectivity index (χ2v) is 8.11. The van der Waals surface area contributed by atoms with Crippen molar-refractivity contribution in [2.45, 2.75) is 45.8 Å². The summed E-state index contributed by atoms with van der Waals surface area (Å²) in [4.78, 5) is 25.3. The lowest BCUT2D eigenvalue weighted by atomic mass is 10.2. The van der Waals surface area contributed by atoms with Crippen LogP contribution in [0.2, 0.25) is 5.28 Å². The summed E-state index contributed by atoms with van der Waals surface area (Å²) in [5.74, 6) is 0.387. The average Bonchev–Trinajstić information content (AvgIpc) is 3.41. The van der Waals surface area contributed by atoms with E-state index in [1.165, 1.54) is 10.9 Å². The molecule has 3 heterocycles. The highest BCUT2D eigenvalue weighted by Crippen LogP contribution is 2.25. The summed E-state index contributed by atoms with van der Waals surface area (Å²) in [5.41, 5.74) is 1.02. The van der Waals surface area contributed by atoms with Gasteiger partial charge in [-0.2, -0.15) is 9.78 Å². The maximum atomic E-state index is 13.9. The Hall–Kier alpha value is -3.05. The summed E-state index contributed by atoms with van der Waals surface area (Å²) >= 11 is 6.04. The summed E-state index contributed by atoms with van der Waals surface area (Å²) in [6.45, 7) is 4.11. The molecule has 0 bridgehead atoms. The molecular formula is C21H26ClFN8O2. The quantitative estimate of drug-likeness (QED) is 0.470. The van der Waals surface area contributed by atoms with Crippen LogP contribution >= 0.6 is 11.6 Å². The SMILES string of the molecule is CCCCN1C(=O)N(CCCCn2nnc(-c3ccccc3F)n2)COCc2[nH]c(Cl)nc21. The summed E-state index contributed by atoms with van der Waals surface area (Å²) in [6.07, 6.45) is 3.23. The topological polar surface area (TPSA) is 105 Å². The maximum Gasteiger partial charge on any atom is 0.327 e. The lowest BCUT2D eigenvalue weighted by molar-refractivity contribution is 0.0344. The number of halogens is 2. The Morgan fingerprint density at radius 3 is 2.82 bits per heavy atom. The fourth-order valence-electron chi connectivity index (χ4n) is 3.59. The molecule has 1 aromatic carbocycles. The Kier molecular flexibility index (Phi) is 7.50. The highest BCUT2D eigenvalue weighted by molar-refractivity contribution is 6.28. The number of nitrogens with zero attached hydrogens (tertiary/aromatic N) is 7. The first kappa shape index (κ1) is 23.1. The van der Waals surface area contributed by atoms with Crippen molar-refractivity contribution in [2.24, 2.45) is 0 Å². The number of aromatic amines is 1. The molecule has 1 aliphatic heterocycles. The number of aryl methyl sites for hydroxylation is 1. The Morgan fingerprint density at radius 1 is 1.18 bits per heavy atom. The zero-order chi connectivity index (χ0) is 23.2. The Labute approximate surface area is 195 Å². The van der Waals surface area contributed by atoms with Gasteiger partial charge >= 0.3 is 6.03 Å². The van der Waals surface area contributed by atoms with Crippen LogP contribution in [0, 0.1) is 5.82 Å². The number of tetrazole rings is 1. The molecule has 0 aliphatic carbocycles. The minimum atomic E-state index is -0.387. The van der Waals surface area contributed by atoms with E-state index in [2.05, 4.69) is 32.3 Å². The summed E-state index contributed by atoms with van der Waals surface area (Å²) in [7, 11) is 0. The third-order valence-electron chi connectivity index (χ3n) is 5.32. The number of anilines is 1. The van der Waals surface area contributed by atoms with Crippen molar-refractivity contribution in [3.8, 4) is 11.4 Å². The molecule has 0 atom stereocenters. The number of fused-ring (bicyclic) bond motifs is 1. The number of urea groups is 1. The molecule has 33 heavy (non-hydrogen) atoms. The number of hydrogen-bond donors (Lipinski definition) is 1. The van der Waals surface area contributed by atoms with Gasteiger partial charge in [0.25, 0.3) is 0 Å². The van der Waals surface area contributed by atoms with Crippen molar-refractivity contribution in [1.29, 1.82) is 0 Å². The average molecular weight is 477 g/mol. The Bertz CT molecular complexity index is 1090. The number of unbranched alkanes of at least 4 members (excludes halogenated alkanes) is 2. The number of ether oxygens (including phenoxy) is 1. The predicted octanol–water partition coefficient (Wildman–Crippen LogP) is 3.85. The number of carbonyl (C=O) groups excluding carboxylic acids is 1. The number of hydrogen-bond acceptors (Lipinski definition) is 6. The highest BCUT2D eigenvalue weighted by Gasteiger charge is 2.29. The molecule has 0 saturated heterocycles. The number of H-pyrrole nitrogens is 1. The van der Waals surface area contributed by atoms with Crippen LogP contribution in [-0.2, 0) is 17.9 Å². The van der Waals surface area contributed by atoms with Crippen LogP contribution in [0.1, 0.15) is 38.3 Å². The van der Waals surface area contributed by atoms with Crippen molar-refractivity contribution in [2.75, 3.05) is 24.7 Å². The molecule has 0 unspecified atom stereocenters. The molecule has 0 fully saturated rings. The number of rotatable bonds is 9.